The van der Waals surface area contributed by atoms with E-state index in [-0.39, 0.29) is 5.78 Å². The number of hydrogen-bond donors (Lipinski definition) is 2. The monoisotopic (exact) mass is 354 g/mol. The van der Waals surface area contributed by atoms with Gasteiger partial charge < -0.3 is 10.6 Å². The second-order valence-electron chi connectivity index (χ2n) is 5.70. The van der Waals surface area contributed by atoms with Gasteiger partial charge in [0.2, 0.25) is 0 Å². The first-order valence-corrected chi connectivity index (χ1v) is 7.86. The van der Waals surface area contributed by atoms with Gasteiger partial charge in [-0.15, -0.1) is 0 Å². The summed E-state index contributed by atoms with van der Waals surface area (Å²) in [6, 6.07) is 12.2. The smallest absolute Gasteiger partial charge is 0.160 e. The number of halogens is 2. The van der Waals surface area contributed by atoms with Gasteiger partial charge in [-0.3, -0.25) is 4.79 Å². The van der Waals surface area contributed by atoms with E-state index in [1.807, 2.05) is 0 Å². The number of aromatic nitrogens is 2. The lowest BCUT2D eigenvalue weighted by Crippen LogP contribution is -2.02. The zero-order chi connectivity index (χ0) is 18.7. The van der Waals surface area contributed by atoms with E-state index < -0.39 is 11.6 Å². The molecule has 2 N–H and O–H groups in total. The molecule has 0 aliphatic heterocycles. The van der Waals surface area contributed by atoms with E-state index in [4.69, 9.17) is 0 Å². The van der Waals surface area contributed by atoms with Crippen LogP contribution in [0.2, 0.25) is 0 Å². The number of Topliss-reactive ketones (excluding diaryl/α,β-unsaturated/α-hetero) is 1. The van der Waals surface area contributed by atoms with Crippen molar-refractivity contribution in [3.63, 3.8) is 0 Å². The summed E-state index contributed by atoms with van der Waals surface area (Å²) in [5.41, 5.74) is 1.75. The third kappa shape index (κ3) is 4.18. The van der Waals surface area contributed by atoms with Crippen LogP contribution in [-0.2, 0) is 0 Å². The highest BCUT2D eigenvalue weighted by Gasteiger charge is 2.07. The second-order valence-corrected chi connectivity index (χ2v) is 5.70. The Morgan fingerprint density at radius 2 is 1.42 bits per heavy atom. The molecule has 26 heavy (non-hydrogen) atoms. The summed E-state index contributed by atoms with van der Waals surface area (Å²) in [4.78, 5) is 19.9. The van der Waals surface area contributed by atoms with E-state index in [9.17, 15) is 13.6 Å². The van der Waals surface area contributed by atoms with Crippen LogP contribution in [0, 0.1) is 18.6 Å². The fourth-order valence-electron chi connectivity index (χ4n) is 2.35. The van der Waals surface area contributed by atoms with Crippen LogP contribution in [0.1, 0.15) is 23.1 Å². The Labute approximate surface area is 149 Å². The van der Waals surface area contributed by atoms with Crippen molar-refractivity contribution in [2.45, 2.75) is 13.8 Å². The minimum Gasteiger partial charge on any atom is -0.340 e. The fraction of sp³-hybridized carbons (Fsp3) is 0.105. The van der Waals surface area contributed by atoms with Crippen molar-refractivity contribution < 1.29 is 13.6 Å². The van der Waals surface area contributed by atoms with Crippen LogP contribution in [0.25, 0.3) is 0 Å². The topological polar surface area (TPSA) is 66.9 Å². The average Bonchev–Trinajstić information content (AvgIpc) is 2.58. The normalized spacial score (nSPS) is 10.5. The highest BCUT2D eigenvalue weighted by atomic mass is 19.2. The van der Waals surface area contributed by atoms with Crippen LogP contribution in [0.4, 0.5) is 31.8 Å². The summed E-state index contributed by atoms with van der Waals surface area (Å²) >= 11 is 0. The van der Waals surface area contributed by atoms with Gasteiger partial charge >= 0.3 is 0 Å². The summed E-state index contributed by atoms with van der Waals surface area (Å²) in [6.07, 6.45) is 0. The lowest BCUT2D eigenvalue weighted by molar-refractivity contribution is 0.101. The summed E-state index contributed by atoms with van der Waals surface area (Å²) in [5.74, 6) is -0.395. The zero-order valence-corrected chi connectivity index (χ0v) is 14.2. The molecule has 0 bridgehead atoms. The Morgan fingerprint density at radius 3 is 2.00 bits per heavy atom. The minimum atomic E-state index is -0.940. The fourth-order valence-corrected chi connectivity index (χ4v) is 2.35. The van der Waals surface area contributed by atoms with E-state index in [0.29, 0.717) is 28.7 Å². The number of anilines is 4. The summed E-state index contributed by atoms with van der Waals surface area (Å²) in [5, 5.41) is 6.04. The van der Waals surface area contributed by atoms with Crippen LogP contribution in [0.5, 0.6) is 0 Å². The summed E-state index contributed by atoms with van der Waals surface area (Å²) in [6.45, 7) is 3.23. The maximum atomic E-state index is 13.3. The highest BCUT2D eigenvalue weighted by molar-refractivity contribution is 5.94. The summed E-state index contributed by atoms with van der Waals surface area (Å²) in [7, 11) is 0. The van der Waals surface area contributed by atoms with Crippen molar-refractivity contribution >= 4 is 28.8 Å². The molecule has 2 aromatic carbocycles. The molecule has 0 radical (unpaired) electrons. The summed E-state index contributed by atoms with van der Waals surface area (Å²) < 4.78 is 26.4. The molecule has 0 unspecified atom stereocenters. The van der Waals surface area contributed by atoms with Gasteiger partial charge in [-0.25, -0.2) is 18.7 Å². The lowest BCUT2D eigenvalue weighted by Gasteiger charge is -2.11. The van der Waals surface area contributed by atoms with Gasteiger partial charge in [0.15, 0.2) is 17.4 Å². The molecular formula is C19H16F2N4O. The van der Waals surface area contributed by atoms with Gasteiger partial charge in [0.05, 0.1) is 0 Å². The van der Waals surface area contributed by atoms with Crippen LogP contribution in [0.15, 0.2) is 48.5 Å². The molecule has 0 spiro atoms. The first kappa shape index (κ1) is 17.5. The molecule has 3 rings (SSSR count). The average molecular weight is 354 g/mol. The van der Waals surface area contributed by atoms with Crippen molar-refractivity contribution in [3.8, 4) is 0 Å². The number of hydrogen-bond acceptors (Lipinski definition) is 5. The Bertz CT molecular complexity index is 958. The van der Waals surface area contributed by atoms with Crippen LogP contribution in [-0.4, -0.2) is 15.8 Å². The second kappa shape index (κ2) is 7.26. The predicted octanol–water partition coefficient (Wildman–Crippen LogP) is 4.75. The van der Waals surface area contributed by atoms with E-state index in [2.05, 4.69) is 20.6 Å². The maximum absolute atomic E-state index is 13.3. The van der Waals surface area contributed by atoms with Crippen molar-refractivity contribution in [1.29, 1.82) is 0 Å². The Balaban J connectivity index is 1.80. The van der Waals surface area contributed by atoms with Crippen molar-refractivity contribution in [2.75, 3.05) is 10.6 Å². The molecule has 132 valence electrons. The van der Waals surface area contributed by atoms with E-state index in [1.165, 1.54) is 13.0 Å². The van der Waals surface area contributed by atoms with Crippen molar-refractivity contribution in [3.05, 3.63) is 71.6 Å². The van der Waals surface area contributed by atoms with Crippen molar-refractivity contribution in [2.24, 2.45) is 0 Å². The zero-order valence-electron chi connectivity index (χ0n) is 14.2. The van der Waals surface area contributed by atoms with Gasteiger partial charge in [-0.1, -0.05) is 0 Å². The first-order chi connectivity index (χ1) is 12.4. The largest absolute Gasteiger partial charge is 0.340 e. The molecular weight excluding hydrogens is 338 g/mol. The third-order valence-corrected chi connectivity index (χ3v) is 3.59. The Kier molecular flexibility index (Phi) is 4.88. The number of aryl methyl sites for hydroxylation is 1. The molecule has 0 saturated heterocycles. The lowest BCUT2D eigenvalue weighted by atomic mass is 10.1. The molecule has 0 aliphatic rings. The number of nitrogens with zero attached hydrogens (tertiary/aromatic N) is 2. The number of nitrogens with one attached hydrogen (secondary N) is 2. The molecule has 0 atom stereocenters. The Hall–Kier alpha value is -3.35. The minimum absolute atomic E-state index is 0.00699. The number of carbonyl (C=O) groups is 1. The molecule has 1 aromatic heterocycles. The molecule has 0 fully saturated rings. The number of benzene rings is 2. The van der Waals surface area contributed by atoms with Gasteiger partial charge in [-0.05, 0) is 50.2 Å². The highest BCUT2D eigenvalue weighted by Crippen LogP contribution is 2.22. The molecule has 0 saturated carbocycles. The van der Waals surface area contributed by atoms with Crippen LogP contribution in [0.3, 0.4) is 0 Å². The quantitative estimate of drug-likeness (QED) is 0.647. The number of rotatable bonds is 5. The van der Waals surface area contributed by atoms with Crippen LogP contribution >= 0.6 is 0 Å². The SMILES string of the molecule is CC(=O)c1ccc(Nc2cc(Nc3ccc(F)c(F)c3)nc(C)n2)cc1. The third-order valence-electron chi connectivity index (χ3n) is 3.59. The number of ketones is 1. The molecule has 0 amide bonds. The molecule has 7 heteroatoms. The van der Waals surface area contributed by atoms with E-state index in [0.717, 1.165) is 17.8 Å². The van der Waals surface area contributed by atoms with Gasteiger partial charge in [0, 0.05) is 29.1 Å². The van der Waals surface area contributed by atoms with Gasteiger partial charge in [0.25, 0.3) is 0 Å². The maximum Gasteiger partial charge on any atom is 0.160 e. The van der Waals surface area contributed by atoms with Gasteiger partial charge in [-0.2, -0.15) is 0 Å². The van der Waals surface area contributed by atoms with Crippen molar-refractivity contribution in [1.82, 2.24) is 9.97 Å². The van der Waals surface area contributed by atoms with E-state index in [1.54, 1.807) is 37.3 Å². The molecule has 1 heterocycles. The predicted molar refractivity (Wildman–Crippen MR) is 96.1 cm³/mol. The molecule has 5 nitrogen and oxygen atoms in total. The number of carbonyl (C=O) groups excluding carboxylic acids is 1. The molecule has 0 aliphatic carbocycles. The molecule has 3 aromatic rings. The Morgan fingerprint density at radius 1 is 0.846 bits per heavy atom. The first-order valence-electron chi connectivity index (χ1n) is 7.86. The standard InChI is InChI=1S/C19H16F2N4O/c1-11(26)13-3-5-14(6-4-13)24-18-10-19(23-12(2)22-18)25-15-7-8-16(20)17(21)9-15/h3-10H,1-2H3,(H2,22,23,24,25). The van der Waals surface area contributed by atoms with Gasteiger partial charge in [0.1, 0.15) is 17.5 Å². The van der Waals surface area contributed by atoms with Crippen LogP contribution < -0.4 is 10.6 Å². The van der Waals surface area contributed by atoms with E-state index >= 15 is 0 Å².